The predicted octanol–water partition coefficient (Wildman–Crippen LogP) is 2.65. The Labute approximate surface area is 181 Å². The average Bonchev–Trinajstić information content (AvgIpc) is 3.44. The summed E-state index contributed by atoms with van der Waals surface area (Å²) in [6, 6.07) is 8.31. The summed E-state index contributed by atoms with van der Waals surface area (Å²) < 4.78 is 47.0. The number of hydrogen-bond acceptors (Lipinski definition) is 6. The third kappa shape index (κ3) is 3.19. The van der Waals surface area contributed by atoms with Crippen molar-refractivity contribution in [3.63, 3.8) is 0 Å². The van der Waals surface area contributed by atoms with Crippen molar-refractivity contribution in [2.24, 2.45) is 0 Å². The van der Waals surface area contributed by atoms with E-state index in [9.17, 15) is 14.6 Å². The average molecular weight is 444 g/mol. The minimum absolute atomic E-state index is 0.0227. The molecule has 4 atom stereocenters. The fraction of sp³-hybridized carbons (Fsp3) is 0.435. The summed E-state index contributed by atoms with van der Waals surface area (Å²) in [6.07, 6.45) is -0.965. The molecule has 1 aliphatic carbocycles. The molecule has 0 amide bonds. The maximum atomic E-state index is 15.3. The molecule has 3 fully saturated rings. The second-order valence-electron chi connectivity index (χ2n) is 8.75. The summed E-state index contributed by atoms with van der Waals surface area (Å²) in [4.78, 5) is 7.00. The van der Waals surface area contributed by atoms with Gasteiger partial charge in [-0.05, 0) is 29.9 Å². The number of rotatable bonds is 4. The van der Waals surface area contributed by atoms with Crippen molar-refractivity contribution in [2.75, 3.05) is 13.2 Å². The van der Waals surface area contributed by atoms with Crippen LogP contribution in [0.4, 0.5) is 8.78 Å². The Hall–Kier alpha value is -2.59. The van der Waals surface area contributed by atoms with Crippen LogP contribution in [0.5, 0.6) is 6.01 Å². The van der Waals surface area contributed by atoms with Crippen LogP contribution in [0.3, 0.4) is 0 Å². The van der Waals surface area contributed by atoms with Crippen LogP contribution in [0.1, 0.15) is 24.3 Å². The number of aromatic amines is 1. The molecular weight excluding hydrogens is 422 g/mol. The topological polar surface area (TPSA) is 96.8 Å². The number of hydrogen-bond donors (Lipinski definition) is 3. The van der Waals surface area contributed by atoms with Gasteiger partial charge in [0.1, 0.15) is 29.6 Å². The highest BCUT2D eigenvalue weighted by Gasteiger charge is 2.48. The highest BCUT2D eigenvalue weighted by molar-refractivity contribution is 5.84. The van der Waals surface area contributed by atoms with Gasteiger partial charge in [0.15, 0.2) is 11.9 Å². The first-order valence-corrected chi connectivity index (χ1v) is 10.7. The third-order valence-corrected chi connectivity index (χ3v) is 6.68. The first kappa shape index (κ1) is 20.0. The van der Waals surface area contributed by atoms with Crippen LogP contribution >= 0.6 is 0 Å². The highest BCUT2D eigenvalue weighted by atomic mass is 19.1. The molecule has 1 aromatic heterocycles. The van der Waals surface area contributed by atoms with Crippen LogP contribution in [0.25, 0.3) is 22.2 Å². The van der Waals surface area contributed by atoms with E-state index in [1.165, 1.54) is 6.07 Å². The smallest absolute Gasteiger partial charge is 0.295 e. The maximum absolute atomic E-state index is 15.3. The number of ether oxygens (including phenoxy) is 3. The van der Waals surface area contributed by atoms with E-state index in [0.29, 0.717) is 18.4 Å². The Morgan fingerprint density at radius 2 is 1.78 bits per heavy atom. The van der Waals surface area contributed by atoms with Crippen molar-refractivity contribution < 1.29 is 33.2 Å². The lowest BCUT2D eigenvalue weighted by Gasteiger charge is -2.31. The van der Waals surface area contributed by atoms with Crippen LogP contribution < -0.4 is 4.74 Å². The molecule has 2 aliphatic heterocycles. The molecule has 9 heteroatoms. The van der Waals surface area contributed by atoms with Crippen molar-refractivity contribution in [1.82, 2.24) is 9.97 Å². The first-order valence-electron chi connectivity index (χ1n) is 10.7. The van der Waals surface area contributed by atoms with Gasteiger partial charge in [-0.3, -0.25) is 0 Å². The molecule has 3 heterocycles. The molecule has 0 radical (unpaired) electrons. The maximum Gasteiger partial charge on any atom is 0.295 e. The number of aliphatic hydroxyl groups is 2. The van der Waals surface area contributed by atoms with Gasteiger partial charge in [-0.1, -0.05) is 24.3 Å². The zero-order valence-electron chi connectivity index (χ0n) is 17.0. The van der Waals surface area contributed by atoms with E-state index in [2.05, 4.69) is 9.97 Å². The number of nitrogens with zero attached hydrogens (tertiary/aromatic N) is 1. The quantitative estimate of drug-likeness (QED) is 0.573. The van der Waals surface area contributed by atoms with E-state index in [-0.39, 0.29) is 47.8 Å². The lowest BCUT2D eigenvalue weighted by atomic mass is 9.77. The zero-order chi connectivity index (χ0) is 22.0. The molecule has 32 heavy (non-hydrogen) atoms. The van der Waals surface area contributed by atoms with E-state index < -0.39 is 36.1 Å². The van der Waals surface area contributed by atoms with Crippen molar-refractivity contribution >= 4 is 11.0 Å². The molecule has 3 N–H and O–H groups in total. The summed E-state index contributed by atoms with van der Waals surface area (Å²) in [6.45, 7) is 0.370. The molecular formula is C23H22F2N2O5. The number of H-pyrrole nitrogens is 1. The molecule has 6 rings (SSSR count). The third-order valence-electron chi connectivity index (χ3n) is 6.68. The fourth-order valence-corrected chi connectivity index (χ4v) is 4.85. The fourth-order valence-electron chi connectivity index (χ4n) is 4.85. The molecule has 2 saturated heterocycles. The van der Waals surface area contributed by atoms with Crippen LogP contribution in [-0.2, 0) is 9.47 Å². The normalized spacial score (nSPS) is 31.6. The van der Waals surface area contributed by atoms with Crippen molar-refractivity contribution in [3.8, 4) is 17.1 Å². The SMILES string of the molecule is OC1CC(c2ccc(-c3c(F)cc4[nH]c(OC5COC6C(O)COC56)nc4c3F)cc2)C1. The minimum Gasteiger partial charge on any atom is -0.456 e. The number of imidazole rings is 1. The van der Waals surface area contributed by atoms with Gasteiger partial charge < -0.3 is 29.4 Å². The van der Waals surface area contributed by atoms with Crippen LogP contribution in [0.2, 0.25) is 0 Å². The second kappa shape index (κ2) is 7.48. The second-order valence-corrected chi connectivity index (χ2v) is 8.75. The number of nitrogens with one attached hydrogen (secondary N) is 1. The molecule has 4 unspecified atom stereocenters. The van der Waals surface area contributed by atoms with Crippen molar-refractivity contribution in [2.45, 2.75) is 49.3 Å². The van der Waals surface area contributed by atoms with E-state index in [0.717, 1.165) is 5.56 Å². The Kier molecular flexibility index (Phi) is 4.69. The largest absolute Gasteiger partial charge is 0.456 e. The number of aliphatic hydroxyl groups excluding tert-OH is 2. The summed E-state index contributed by atoms with van der Waals surface area (Å²) in [7, 11) is 0. The van der Waals surface area contributed by atoms with E-state index in [4.69, 9.17) is 14.2 Å². The van der Waals surface area contributed by atoms with Gasteiger partial charge in [0.2, 0.25) is 0 Å². The number of fused-ring (bicyclic) bond motifs is 2. The Balaban J connectivity index is 1.28. The lowest BCUT2D eigenvalue weighted by Crippen LogP contribution is -2.34. The monoisotopic (exact) mass is 444 g/mol. The molecule has 3 aromatic rings. The molecule has 1 saturated carbocycles. The summed E-state index contributed by atoms with van der Waals surface area (Å²) in [5, 5.41) is 19.3. The highest BCUT2D eigenvalue weighted by Crippen LogP contribution is 2.38. The molecule has 0 bridgehead atoms. The predicted molar refractivity (Wildman–Crippen MR) is 109 cm³/mol. The van der Waals surface area contributed by atoms with Gasteiger partial charge in [0, 0.05) is 6.07 Å². The van der Waals surface area contributed by atoms with Gasteiger partial charge in [-0.25, -0.2) is 8.78 Å². The molecule has 3 aliphatic rings. The summed E-state index contributed by atoms with van der Waals surface area (Å²) in [5.41, 5.74) is 1.47. The van der Waals surface area contributed by atoms with Crippen molar-refractivity contribution in [1.29, 1.82) is 0 Å². The Morgan fingerprint density at radius 1 is 1.03 bits per heavy atom. The summed E-state index contributed by atoms with van der Waals surface area (Å²) in [5.74, 6) is -1.19. The van der Waals surface area contributed by atoms with Gasteiger partial charge in [-0.15, -0.1) is 0 Å². The van der Waals surface area contributed by atoms with Gasteiger partial charge >= 0.3 is 0 Å². The van der Waals surface area contributed by atoms with Gasteiger partial charge in [0.05, 0.1) is 30.4 Å². The lowest BCUT2D eigenvalue weighted by molar-refractivity contribution is 0.00706. The number of halogens is 2. The van der Waals surface area contributed by atoms with E-state index in [1.807, 2.05) is 12.1 Å². The van der Waals surface area contributed by atoms with Crippen LogP contribution in [0.15, 0.2) is 30.3 Å². The molecule has 2 aromatic carbocycles. The molecule has 0 spiro atoms. The van der Waals surface area contributed by atoms with Crippen molar-refractivity contribution in [3.05, 3.63) is 47.5 Å². The Morgan fingerprint density at radius 3 is 2.53 bits per heavy atom. The Bertz CT molecular complexity index is 1160. The number of aromatic nitrogens is 2. The molecule has 7 nitrogen and oxygen atoms in total. The summed E-state index contributed by atoms with van der Waals surface area (Å²) >= 11 is 0. The van der Waals surface area contributed by atoms with Gasteiger partial charge in [-0.2, -0.15) is 4.98 Å². The van der Waals surface area contributed by atoms with Crippen LogP contribution in [-0.4, -0.2) is 63.9 Å². The zero-order valence-corrected chi connectivity index (χ0v) is 17.0. The number of benzene rings is 2. The van der Waals surface area contributed by atoms with Gasteiger partial charge in [0.25, 0.3) is 6.01 Å². The first-order chi connectivity index (χ1) is 15.5. The molecule has 168 valence electrons. The van der Waals surface area contributed by atoms with E-state index >= 15 is 4.39 Å². The van der Waals surface area contributed by atoms with Crippen LogP contribution in [0, 0.1) is 11.6 Å². The minimum atomic E-state index is -0.772. The van der Waals surface area contributed by atoms with E-state index in [1.54, 1.807) is 12.1 Å². The standard InChI is InChI=1S/C23H22F2N2O5/c24-14-7-15-20(27-23(26-15)32-17-9-31-21-16(29)8-30-22(17)21)19(25)18(14)11-3-1-10(2-4-11)12-5-13(28)6-12/h1-4,7,12-13,16-17,21-22,28-29H,5-6,8-9H2,(H,26,27).